The number of hydrogen-bond donors (Lipinski definition) is 1. The first-order chi connectivity index (χ1) is 14.4. The second-order valence-electron chi connectivity index (χ2n) is 8.49. The molecule has 7 heteroatoms. The van der Waals surface area contributed by atoms with Crippen LogP contribution in [0.3, 0.4) is 0 Å². The molecule has 0 aromatic carbocycles. The van der Waals surface area contributed by atoms with Crippen LogP contribution in [0.1, 0.15) is 64.7 Å². The van der Waals surface area contributed by atoms with E-state index in [2.05, 4.69) is 4.74 Å². The molecule has 1 saturated carbocycles. The van der Waals surface area contributed by atoms with Gasteiger partial charge in [0.15, 0.2) is 0 Å². The van der Waals surface area contributed by atoms with Crippen LogP contribution in [0.4, 0.5) is 4.39 Å². The minimum atomic E-state index is -1.29. The van der Waals surface area contributed by atoms with Crippen LogP contribution in [0, 0.1) is 17.8 Å². The van der Waals surface area contributed by atoms with Crippen LogP contribution < -0.4 is 0 Å². The van der Waals surface area contributed by atoms with Gasteiger partial charge in [0.2, 0.25) is 0 Å². The van der Waals surface area contributed by atoms with E-state index in [1.165, 1.54) is 20.3 Å². The van der Waals surface area contributed by atoms with Crippen molar-refractivity contribution in [1.29, 1.82) is 0 Å². The van der Waals surface area contributed by atoms with Gasteiger partial charge in [0, 0.05) is 6.42 Å². The molecule has 0 radical (unpaired) electrons. The highest BCUT2D eigenvalue weighted by Gasteiger charge is 2.51. The number of unbranched alkanes of at least 4 members (excludes halogenated alkanes) is 2. The molecular weight excluding hydrogens is 391 g/mol. The molecule has 0 bridgehead atoms. The normalized spacial score (nSPS) is 30.2. The Kier molecular flexibility index (Phi) is 10.2. The van der Waals surface area contributed by atoms with Crippen LogP contribution in [-0.2, 0) is 23.8 Å². The summed E-state index contributed by atoms with van der Waals surface area (Å²) < 4.78 is 29.9. The van der Waals surface area contributed by atoms with Crippen molar-refractivity contribution in [3.8, 4) is 0 Å². The van der Waals surface area contributed by atoms with Crippen LogP contribution in [0.25, 0.3) is 0 Å². The number of aliphatic hydroxyl groups is 1. The van der Waals surface area contributed by atoms with E-state index >= 15 is 0 Å². The first-order valence-corrected chi connectivity index (χ1v) is 11.2. The van der Waals surface area contributed by atoms with Gasteiger partial charge < -0.3 is 19.3 Å². The Bertz CT molecular complexity index is 580. The van der Waals surface area contributed by atoms with Gasteiger partial charge in [-0.25, -0.2) is 4.39 Å². The number of methoxy groups -OCH3 is 2. The van der Waals surface area contributed by atoms with Crippen LogP contribution in [0.2, 0.25) is 0 Å². The van der Waals surface area contributed by atoms with E-state index in [1.54, 1.807) is 6.08 Å². The number of fused-ring (bicyclic) bond motifs is 1. The number of ether oxygens (including phenoxy) is 3. The van der Waals surface area contributed by atoms with E-state index in [0.717, 1.165) is 38.5 Å². The fourth-order valence-electron chi connectivity index (χ4n) is 4.74. The Morgan fingerprint density at radius 2 is 1.97 bits per heavy atom. The number of carbonyl (C=O) groups is 2. The third-order valence-corrected chi connectivity index (χ3v) is 6.45. The Balaban J connectivity index is 1.93. The second-order valence-corrected chi connectivity index (χ2v) is 8.49. The van der Waals surface area contributed by atoms with Crippen molar-refractivity contribution < 1.29 is 33.3 Å². The van der Waals surface area contributed by atoms with Gasteiger partial charge in [-0.15, -0.1) is 0 Å². The van der Waals surface area contributed by atoms with E-state index in [-0.39, 0.29) is 41.9 Å². The number of rotatable bonds is 12. The smallest absolute Gasteiger partial charge is 0.309 e. The van der Waals surface area contributed by atoms with Gasteiger partial charge in [-0.05, 0) is 43.9 Å². The van der Waals surface area contributed by atoms with E-state index in [9.17, 15) is 19.1 Å². The van der Waals surface area contributed by atoms with E-state index in [4.69, 9.17) is 9.47 Å². The highest BCUT2D eigenvalue weighted by Crippen LogP contribution is 2.48. The Hall–Kier alpha value is -1.47. The number of carbonyl (C=O) groups excluding carboxylic acids is 2. The largest absolute Gasteiger partial charge is 0.469 e. The molecule has 6 nitrogen and oxygen atoms in total. The maximum absolute atomic E-state index is 14.1. The summed E-state index contributed by atoms with van der Waals surface area (Å²) in [7, 11) is 2.76. The molecule has 1 N–H and O–H groups in total. The molecule has 0 aromatic rings. The van der Waals surface area contributed by atoms with E-state index < -0.39 is 12.3 Å². The summed E-state index contributed by atoms with van der Waals surface area (Å²) in [4.78, 5) is 23.5. The highest BCUT2D eigenvalue weighted by atomic mass is 19.1. The maximum Gasteiger partial charge on any atom is 0.309 e. The zero-order chi connectivity index (χ0) is 22.1. The summed E-state index contributed by atoms with van der Waals surface area (Å²) in [6.45, 7) is 1.99. The summed E-state index contributed by atoms with van der Waals surface area (Å²) in [6, 6.07) is 0. The van der Waals surface area contributed by atoms with E-state index in [0.29, 0.717) is 19.3 Å². The lowest BCUT2D eigenvalue weighted by Gasteiger charge is -2.20. The van der Waals surface area contributed by atoms with Crippen molar-refractivity contribution in [1.82, 2.24) is 0 Å². The molecule has 2 fully saturated rings. The van der Waals surface area contributed by atoms with Gasteiger partial charge in [-0.2, -0.15) is 0 Å². The maximum atomic E-state index is 14.1. The Morgan fingerprint density at radius 1 is 1.20 bits per heavy atom. The molecule has 1 heterocycles. The minimum absolute atomic E-state index is 0.0345. The van der Waals surface area contributed by atoms with Crippen molar-refractivity contribution in [3.05, 3.63) is 12.2 Å². The molecule has 172 valence electrons. The van der Waals surface area contributed by atoms with Crippen molar-refractivity contribution in [2.45, 2.75) is 89.2 Å². The molecule has 2 aliphatic rings. The summed E-state index contributed by atoms with van der Waals surface area (Å²) in [5.41, 5.74) is 0. The van der Waals surface area contributed by atoms with Gasteiger partial charge in [-0.3, -0.25) is 9.59 Å². The molecule has 0 aromatic heterocycles. The third kappa shape index (κ3) is 6.77. The lowest BCUT2D eigenvalue weighted by atomic mass is 9.85. The SMILES string of the molecule is CCCCC(F)[C@H](O)/C=C/[C@H]1[C@H]2C[C@H](CCCCC(=O)OC)O[C@H]2C[C@H]1C(=O)OC. The average Bonchev–Trinajstić information content (AvgIpc) is 3.30. The Labute approximate surface area is 179 Å². The topological polar surface area (TPSA) is 82.1 Å². The van der Waals surface area contributed by atoms with E-state index in [1.807, 2.05) is 6.92 Å². The van der Waals surface area contributed by atoms with Gasteiger partial charge in [0.05, 0.1) is 32.3 Å². The Morgan fingerprint density at radius 3 is 2.63 bits per heavy atom. The molecule has 2 rings (SSSR count). The monoisotopic (exact) mass is 428 g/mol. The fourth-order valence-corrected chi connectivity index (χ4v) is 4.74. The zero-order valence-corrected chi connectivity index (χ0v) is 18.4. The first kappa shape index (κ1) is 24.8. The van der Waals surface area contributed by atoms with Crippen LogP contribution in [-0.4, -0.2) is 55.7 Å². The summed E-state index contributed by atoms with van der Waals surface area (Å²) in [5.74, 6) is -0.793. The molecule has 7 atom stereocenters. The van der Waals surface area contributed by atoms with Crippen molar-refractivity contribution in [2.75, 3.05) is 14.2 Å². The number of allylic oxidation sites excluding steroid dienone is 1. The molecule has 1 saturated heterocycles. The van der Waals surface area contributed by atoms with Crippen molar-refractivity contribution >= 4 is 11.9 Å². The van der Waals surface area contributed by atoms with Crippen molar-refractivity contribution in [3.63, 3.8) is 0 Å². The second kappa shape index (κ2) is 12.4. The first-order valence-electron chi connectivity index (χ1n) is 11.2. The van der Waals surface area contributed by atoms with Gasteiger partial charge in [0.1, 0.15) is 12.3 Å². The van der Waals surface area contributed by atoms with Gasteiger partial charge in [0.25, 0.3) is 0 Å². The molecule has 0 amide bonds. The fraction of sp³-hybridized carbons (Fsp3) is 0.826. The zero-order valence-electron chi connectivity index (χ0n) is 18.4. The molecule has 1 unspecified atom stereocenters. The standard InChI is InChI=1S/C23H37FO6/c1-4-5-9-19(24)20(25)12-11-16-17-13-15(8-6-7-10-22(26)28-2)30-21(17)14-18(16)23(27)29-3/h11-12,15-21,25H,4-10,13-14H2,1-3H3/b12-11+/t15-,16-,17+,18+,19?,20+,21-/m0/s1. The molecular formula is C23H37FO6. The number of aliphatic hydroxyl groups excluding tert-OH is 1. The van der Waals surface area contributed by atoms with Crippen LogP contribution in [0.15, 0.2) is 12.2 Å². The molecule has 0 spiro atoms. The van der Waals surface area contributed by atoms with Gasteiger partial charge >= 0.3 is 11.9 Å². The third-order valence-electron chi connectivity index (χ3n) is 6.45. The lowest BCUT2D eigenvalue weighted by molar-refractivity contribution is -0.146. The number of hydrogen-bond acceptors (Lipinski definition) is 6. The summed E-state index contributed by atoms with van der Waals surface area (Å²) in [6.07, 6.45) is 7.15. The highest BCUT2D eigenvalue weighted by molar-refractivity contribution is 5.73. The summed E-state index contributed by atoms with van der Waals surface area (Å²) in [5, 5.41) is 10.1. The lowest BCUT2D eigenvalue weighted by Crippen LogP contribution is -2.25. The number of esters is 2. The quantitative estimate of drug-likeness (QED) is 0.290. The van der Waals surface area contributed by atoms with Crippen LogP contribution >= 0.6 is 0 Å². The number of alkyl halides is 1. The molecule has 1 aliphatic heterocycles. The molecule has 1 aliphatic carbocycles. The summed E-state index contributed by atoms with van der Waals surface area (Å²) >= 11 is 0. The predicted octanol–water partition coefficient (Wildman–Crippen LogP) is 3.75. The number of halogens is 1. The predicted molar refractivity (Wildman–Crippen MR) is 110 cm³/mol. The average molecular weight is 429 g/mol. The minimum Gasteiger partial charge on any atom is -0.469 e. The molecule has 30 heavy (non-hydrogen) atoms. The van der Waals surface area contributed by atoms with Crippen molar-refractivity contribution in [2.24, 2.45) is 17.8 Å². The van der Waals surface area contributed by atoms with Crippen LogP contribution in [0.5, 0.6) is 0 Å². The van der Waals surface area contributed by atoms with Gasteiger partial charge in [-0.1, -0.05) is 38.3 Å².